The number of hydrogen-bond donors (Lipinski definition) is 1. The van der Waals surface area contributed by atoms with Crippen molar-refractivity contribution in [2.45, 2.75) is 13.8 Å². The first-order valence-corrected chi connectivity index (χ1v) is 6.47. The summed E-state index contributed by atoms with van der Waals surface area (Å²) in [4.78, 5) is 19.9. The fourth-order valence-electron chi connectivity index (χ4n) is 1.98. The summed E-state index contributed by atoms with van der Waals surface area (Å²) < 4.78 is 6.94. The van der Waals surface area contributed by atoms with Gasteiger partial charge in [-0.2, -0.15) is 0 Å². The number of nitrogens with zero attached hydrogens (tertiary/aromatic N) is 3. The van der Waals surface area contributed by atoms with Crippen LogP contribution in [0.1, 0.15) is 22.1 Å². The number of nitrogens with one attached hydrogen (secondary N) is 1. The first kappa shape index (κ1) is 13.1. The average molecular weight is 282 g/mol. The zero-order chi connectivity index (χ0) is 14.8. The van der Waals surface area contributed by atoms with Gasteiger partial charge in [0, 0.05) is 17.1 Å². The summed E-state index contributed by atoms with van der Waals surface area (Å²) in [5.41, 5.74) is 3.75. The normalized spacial score (nSPS) is 10.6. The number of aromatic nitrogens is 3. The summed E-state index contributed by atoms with van der Waals surface area (Å²) in [6.45, 7) is 3.98. The third-order valence-electron chi connectivity index (χ3n) is 3.28. The number of carbonyl (C=O) groups excluding carboxylic acids is 1. The molecule has 0 atom stereocenters. The van der Waals surface area contributed by atoms with Gasteiger partial charge in [0.25, 0.3) is 5.89 Å². The van der Waals surface area contributed by atoms with Crippen LogP contribution in [0.2, 0.25) is 0 Å². The van der Waals surface area contributed by atoms with Gasteiger partial charge >= 0.3 is 5.91 Å². The zero-order valence-electron chi connectivity index (χ0n) is 11.7. The summed E-state index contributed by atoms with van der Waals surface area (Å²) in [5.74, 6) is -0.331. The van der Waals surface area contributed by atoms with Crippen LogP contribution in [-0.2, 0) is 0 Å². The first-order valence-electron chi connectivity index (χ1n) is 6.47. The summed E-state index contributed by atoms with van der Waals surface area (Å²) >= 11 is 0. The predicted molar refractivity (Wildman–Crippen MR) is 77.5 cm³/mol. The van der Waals surface area contributed by atoms with Gasteiger partial charge in [0.15, 0.2) is 0 Å². The molecule has 6 heteroatoms. The lowest BCUT2D eigenvalue weighted by Crippen LogP contribution is -2.12. The van der Waals surface area contributed by atoms with E-state index in [9.17, 15) is 4.79 Å². The highest BCUT2D eigenvalue weighted by Gasteiger charge is 2.10. The minimum atomic E-state index is -0.373. The molecule has 0 unspecified atom stereocenters. The number of amides is 1. The van der Waals surface area contributed by atoms with Crippen LogP contribution in [0.15, 0.2) is 47.5 Å². The molecule has 0 aliphatic heterocycles. The Labute approximate surface area is 121 Å². The molecule has 0 bridgehead atoms. The maximum absolute atomic E-state index is 11.8. The van der Waals surface area contributed by atoms with E-state index in [-0.39, 0.29) is 11.8 Å². The highest BCUT2D eigenvalue weighted by atomic mass is 16.3. The number of anilines is 1. The third kappa shape index (κ3) is 2.55. The smallest absolute Gasteiger partial charge is 0.311 e. The molecule has 0 saturated carbocycles. The molecule has 0 aliphatic carbocycles. The van der Waals surface area contributed by atoms with Crippen molar-refractivity contribution < 1.29 is 9.21 Å². The van der Waals surface area contributed by atoms with E-state index < -0.39 is 0 Å². The second-order valence-corrected chi connectivity index (χ2v) is 4.62. The first-order chi connectivity index (χ1) is 10.1. The number of benzene rings is 1. The van der Waals surface area contributed by atoms with Gasteiger partial charge in [0.05, 0.1) is 18.2 Å². The van der Waals surface area contributed by atoms with Gasteiger partial charge < -0.3 is 14.3 Å². The summed E-state index contributed by atoms with van der Waals surface area (Å²) in [6, 6.07) is 7.48. The fourth-order valence-corrected chi connectivity index (χ4v) is 1.98. The van der Waals surface area contributed by atoms with E-state index in [4.69, 9.17) is 4.42 Å². The Morgan fingerprint density at radius 2 is 1.95 bits per heavy atom. The molecule has 21 heavy (non-hydrogen) atoms. The highest BCUT2D eigenvalue weighted by molar-refractivity contribution is 6.00. The third-order valence-corrected chi connectivity index (χ3v) is 3.28. The SMILES string of the molecule is Cc1ncn(-c2ccc(NC(=O)c3ncco3)cc2)c1C. The Morgan fingerprint density at radius 3 is 2.52 bits per heavy atom. The van der Waals surface area contributed by atoms with E-state index in [1.165, 1.54) is 12.5 Å². The Bertz CT molecular complexity index is 758. The molecule has 2 aromatic heterocycles. The molecular formula is C15H14N4O2. The maximum Gasteiger partial charge on any atom is 0.311 e. The van der Waals surface area contributed by atoms with Crippen LogP contribution >= 0.6 is 0 Å². The zero-order valence-corrected chi connectivity index (χ0v) is 11.7. The van der Waals surface area contributed by atoms with Crippen molar-refractivity contribution in [1.29, 1.82) is 0 Å². The molecular weight excluding hydrogens is 268 g/mol. The minimum Gasteiger partial charge on any atom is -0.441 e. The fraction of sp³-hybridized carbons (Fsp3) is 0.133. The van der Waals surface area contributed by atoms with Gasteiger partial charge in [-0.3, -0.25) is 4.79 Å². The molecule has 1 N–H and O–H groups in total. The molecule has 0 spiro atoms. The van der Waals surface area contributed by atoms with Gasteiger partial charge in [-0.15, -0.1) is 0 Å². The van der Waals surface area contributed by atoms with Crippen LogP contribution in [0, 0.1) is 13.8 Å². The van der Waals surface area contributed by atoms with Crippen LogP contribution in [0.4, 0.5) is 5.69 Å². The van der Waals surface area contributed by atoms with Gasteiger partial charge in [0.1, 0.15) is 6.26 Å². The van der Waals surface area contributed by atoms with Crippen LogP contribution in [-0.4, -0.2) is 20.4 Å². The van der Waals surface area contributed by atoms with Gasteiger partial charge in [-0.25, -0.2) is 9.97 Å². The monoisotopic (exact) mass is 282 g/mol. The number of hydrogen-bond acceptors (Lipinski definition) is 4. The van der Waals surface area contributed by atoms with E-state index in [2.05, 4.69) is 15.3 Å². The molecule has 0 fully saturated rings. The number of carbonyl (C=O) groups is 1. The Morgan fingerprint density at radius 1 is 1.19 bits per heavy atom. The topological polar surface area (TPSA) is 73.0 Å². The summed E-state index contributed by atoms with van der Waals surface area (Å²) in [5, 5.41) is 2.72. The van der Waals surface area contributed by atoms with Crippen LogP contribution < -0.4 is 5.32 Å². The van der Waals surface area contributed by atoms with E-state index in [0.29, 0.717) is 5.69 Å². The van der Waals surface area contributed by atoms with Gasteiger partial charge in [-0.05, 0) is 38.1 Å². The van der Waals surface area contributed by atoms with Crippen molar-refractivity contribution in [3.05, 3.63) is 60.3 Å². The van der Waals surface area contributed by atoms with Crippen LogP contribution in [0.3, 0.4) is 0 Å². The number of aryl methyl sites for hydroxylation is 1. The molecule has 3 rings (SSSR count). The maximum atomic E-state index is 11.8. The second-order valence-electron chi connectivity index (χ2n) is 4.62. The quantitative estimate of drug-likeness (QED) is 0.801. The van der Waals surface area contributed by atoms with E-state index in [1.54, 1.807) is 6.33 Å². The Kier molecular flexibility index (Phi) is 3.27. The molecule has 0 radical (unpaired) electrons. The van der Waals surface area contributed by atoms with Crippen molar-refractivity contribution in [3.63, 3.8) is 0 Å². The van der Waals surface area contributed by atoms with Crippen molar-refractivity contribution in [1.82, 2.24) is 14.5 Å². The van der Waals surface area contributed by atoms with Crippen molar-refractivity contribution >= 4 is 11.6 Å². The standard InChI is InChI=1S/C15H14N4O2/c1-10-11(2)19(9-17-10)13-5-3-12(4-6-13)18-14(20)15-16-7-8-21-15/h3-9H,1-2H3,(H,18,20). The number of imidazole rings is 1. The van der Waals surface area contributed by atoms with Gasteiger partial charge in [-0.1, -0.05) is 0 Å². The Balaban J connectivity index is 1.78. The highest BCUT2D eigenvalue weighted by Crippen LogP contribution is 2.17. The average Bonchev–Trinajstić information content (AvgIpc) is 3.12. The second kappa shape index (κ2) is 5.24. The minimum absolute atomic E-state index is 0.0418. The molecule has 1 aromatic carbocycles. The van der Waals surface area contributed by atoms with Crippen molar-refractivity contribution in [2.75, 3.05) is 5.32 Å². The lowest BCUT2D eigenvalue weighted by Gasteiger charge is -2.07. The molecule has 0 aliphatic rings. The molecule has 3 aromatic rings. The van der Waals surface area contributed by atoms with Gasteiger partial charge in [0.2, 0.25) is 0 Å². The molecule has 0 saturated heterocycles. The van der Waals surface area contributed by atoms with Crippen molar-refractivity contribution in [2.24, 2.45) is 0 Å². The van der Waals surface area contributed by atoms with Crippen LogP contribution in [0.25, 0.3) is 5.69 Å². The van der Waals surface area contributed by atoms with E-state index in [1.807, 2.05) is 42.7 Å². The van der Waals surface area contributed by atoms with E-state index >= 15 is 0 Å². The predicted octanol–water partition coefficient (Wildman–Crippen LogP) is 2.73. The Hall–Kier alpha value is -2.89. The molecule has 2 heterocycles. The van der Waals surface area contributed by atoms with E-state index in [0.717, 1.165) is 17.1 Å². The lowest BCUT2D eigenvalue weighted by molar-refractivity contribution is 0.0990. The largest absolute Gasteiger partial charge is 0.441 e. The molecule has 1 amide bonds. The summed E-state index contributed by atoms with van der Waals surface area (Å²) in [7, 11) is 0. The molecule has 106 valence electrons. The summed E-state index contributed by atoms with van der Waals surface area (Å²) in [6.07, 6.45) is 4.58. The van der Waals surface area contributed by atoms with Crippen LogP contribution in [0.5, 0.6) is 0 Å². The number of oxazole rings is 1. The molecule has 6 nitrogen and oxygen atoms in total. The van der Waals surface area contributed by atoms with Crippen molar-refractivity contribution in [3.8, 4) is 5.69 Å². The number of rotatable bonds is 3. The lowest BCUT2D eigenvalue weighted by atomic mass is 10.2.